The van der Waals surface area contributed by atoms with Crippen LogP contribution in [0.25, 0.3) is 0 Å². The van der Waals surface area contributed by atoms with Crippen molar-refractivity contribution in [3.8, 4) is 0 Å². The van der Waals surface area contributed by atoms with Crippen LogP contribution in [0.2, 0.25) is 0 Å². The lowest BCUT2D eigenvalue weighted by atomic mass is 10.0. The molecular weight excluding hydrogens is 340 g/mol. The number of hydrazine groups is 1. The minimum atomic E-state index is -0.729. The van der Waals surface area contributed by atoms with Crippen LogP contribution in [0.1, 0.15) is 32.1 Å². The van der Waals surface area contributed by atoms with Crippen LogP contribution in [0, 0.1) is 0 Å². The van der Waals surface area contributed by atoms with Gasteiger partial charge >= 0.3 is 12.2 Å². The van der Waals surface area contributed by atoms with Gasteiger partial charge in [-0.3, -0.25) is 0 Å². The molecule has 3 fully saturated rings. The van der Waals surface area contributed by atoms with Crippen LogP contribution in [-0.4, -0.2) is 85.6 Å². The topological polar surface area (TPSA) is 98.4 Å². The molecule has 0 saturated carbocycles. The Bertz CT molecular complexity index is 460. The first-order chi connectivity index (χ1) is 12.7. The number of piperazine rings is 1. The summed E-state index contributed by atoms with van der Waals surface area (Å²) < 4.78 is 0. The summed E-state index contributed by atoms with van der Waals surface area (Å²) in [6.07, 6.45) is 4.45. The summed E-state index contributed by atoms with van der Waals surface area (Å²) in [7, 11) is 0. The molecule has 3 N–H and O–H groups in total. The van der Waals surface area contributed by atoms with Gasteiger partial charge < -0.3 is 19.9 Å². The lowest BCUT2D eigenvalue weighted by molar-refractivity contribution is -0.125. The molecule has 0 radical (unpaired) electrons. The van der Waals surface area contributed by atoms with Gasteiger partial charge in [0.15, 0.2) is 0 Å². The zero-order chi connectivity index (χ0) is 18.2. The van der Waals surface area contributed by atoms with Gasteiger partial charge in [0.2, 0.25) is 0 Å². The zero-order valence-corrected chi connectivity index (χ0v) is 15.2. The highest BCUT2D eigenvalue weighted by Gasteiger charge is 2.27. The quantitative estimate of drug-likeness (QED) is 0.599. The third kappa shape index (κ3) is 5.97. The van der Waals surface area contributed by atoms with E-state index in [1.807, 2.05) is 0 Å². The largest absolute Gasteiger partial charge is 0.445 e. The van der Waals surface area contributed by atoms with Gasteiger partial charge in [-0.2, -0.15) is 0 Å². The summed E-state index contributed by atoms with van der Waals surface area (Å²) in [5.74, 6) is 0. The summed E-state index contributed by atoms with van der Waals surface area (Å²) in [4.78, 5) is 36.3. The van der Waals surface area contributed by atoms with E-state index >= 15 is 0 Å². The third-order valence-electron chi connectivity index (χ3n) is 5.10. The summed E-state index contributed by atoms with van der Waals surface area (Å²) in [5.41, 5.74) is 4.41. The minimum Gasteiger partial charge on any atom is -0.350 e. The molecule has 10 nitrogen and oxygen atoms in total. The second kappa shape index (κ2) is 9.91. The molecule has 0 aliphatic carbocycles. The van der Waals surface area contributed by atoms with Crippen LogP contribution >= 0.6 is 0 Å². The number of nitrogens with zero attached hydrogens (tertiary/aromatic N) is 3. The minimum absolute atomic E-state index is 0.588. The van der Waals surface area contributed by atoms with E-state index in [4.69, 9.17) is 9.68 Å². The van der Waals surface area contributed by atoms with Crippen molar-refractivity contribution < 1.29 is 19.3 Å². The van der Waals surface area contributed by atoms with E-state index in [-0.39, 0.29) is 0 Å². The molecular formula is C16H30N6O4. The second-order valence-electron chi connectivity index (χ2n) is 6.94. The van der Waals surface area contributed by atoms with Crippen LogP contribution in [0.15, 0.2) is 0 Å². The summed E-state index contributed by atoms with van der Waals surface area (Å²) in [5, 5.41) is 6.35. The highest BCUT2D eigenvalue weighted by Crippen LogP contribution is 2.20. The number of carbonyl (C=O) groups excluding carboxylic acids is 2. The Hall–Kier alpha value is -1.62. The fourth-order valence-corrected chi connectivity index (χ4v) is 3.70. The molecule has 0 spiro atoms. The van der Waals surface area contributed by atoms with Crippen LogP contribution < -0.4 is 16.2 Å². The van der Waals surface area contributed by atoms with Crippen LogP contribution in [-0.2, 0) is 9.68 Å². The number of hydrogen-bond donors (Lipinski definition) is 3. The number of nitrogens with one attached hydrogen (secondary N) is 3. The van der Waals surface area contributed by atoms with Gasteiger partial charge in [-0.05, 0) is 38.8 Å². The Morgan fingerprint density at radius 1 is 0.769 bits per heavy atom. The molecule has 3 heterocycles. The number of hydrogen-bond acceptors (Lipinski definition) is 8. The molecule has 148 valence electrons. The number of rotatable bonds is 3. The first kappa shape index (κ1) is 19.2. The van der Waals surface area contributed by atoms with Gasteiger partial charge in [-0.15, -0.1) is 10.1 Å². The summed E-state index contributed by atoms with van der Waals surface area (Å²) >= 11 is 0. The normalized spacial score (nSPS) is 24.0. The number of carbonyl (C=O) groups is 2. The van der Waals surface area contributed by atoms with Crippen molar-refractivity contribution in [1.29, 1.82) is 0 Å². The van der Waals surface area contributed by atoms with E-state index < -0.39 is 12.2 Å². The Labute approximate surface area is 154 Å². The maximum atomic E-state index is 11.8. The van der Waals surface area contributed by atoms with Crippen molar-refractivity contribution in [1.82, 2.24) is 31.2 Å². The molecule has 26 heavy (non-hydrogen) atoms. The van der Waals surface area contributed by atoms with Crippen molar-refractivity contribution in [2.24, 2.45) is 0 Å². The summed E-state index contributed by atoms with van der Waals surface area (Å²) in [6.45, 7) is 6.54. The lowest BCUT2D eigenvalue weighted by Gasteiger charge is -2.39. The van der Waals surface area contributed by atoms with Crippen LogP contribution in [0.3, 0.4) is 0 Å². The third-order valence-corrected chi connectivity index (χ3v) is 5.10. The van der Waals surface area contributed by atoms with E-state index in [0.717, 1.165) is 25.9 Å². The molecule has 10 heteroatoms. The van der Waals surface area contributed by atoms with E-state index in [0.29, 0.717) is 32.2 Å². The van der Waals surface area contributed by atoms with Gasteiger partial charge in [-0.25, -0.2) is 20.4 Å². The molecule has 3 aliphatic heterocycles. The Balaban J connectivity index is 1.28. The van der Waals surface area contributed by atoms with Crippen molar-refractivity contribution in [3.05, 3.63) is 0 Å². The number of piperidine rings is 2. The maximum Gasteiger partial charge on any atom is 0.445 e. The van der Waals surface area contributed by atoms with E-state index in [1.54, 1.807) is 10.1 Å². The molecule has 0 aromatic heterocycles. The lowest BCUT2D eigenvalue weighted by Crippen LogP contribution is -2.51. The van der Waals surface area contributed by atoms with Crippen molar-refractivity contribution in [2.45, 2.75) is 38.1 Å². The van der Waals surface area contributed by atoms with Gasteiger partial charge in [0.25, 0.3) is 0 Å². The SMILES string of the molecule is O=C(NNC(=O)ON1CCC(N2CCCCC2)CC1)ON1CCNCC1. The van der Waals surface area contributed by atoms with Crippen LogP contribution in [0.4, 0.5) is 9.59 Å². The molecule has 2 amide bonds. The average Bonchev–Trinajstić information content (AvgIpc) is 2.68. The number of likely N-dealkylation sites (tertiary alicyclic amines) is 1. The predicted octanol–water partition coefficient (Wildman–Crippen LogP) is 0.0393. The standard InChI is InChI=1S/C16H30N6O4/c23-15(18-19-16(24)26-22-12-6-17-7-13-22)25-21-10-4-14(5-11-21)20-8-2-1-3-9-20/h14,17H,1-13H2,(H,18,23)(H,19,24). The maximum absolute atomic E-state index is 11.8. The van der Waals surface area contributed by atoms with Crippen LogP contribution in [0.5, 0.6) is 0 Å². The molecule has 0 atom stereocenters. The highest BCUT2D eigenvalue weighted by atomic mass is 16.7. The van der Waals surface area contributed by atoms with Gasteiger partial charge in [0.05, 0.1) is 0 Å². The molecule has 3 aliphatic rings. The van der Waals surface area contributed by atoms with Crippen molar-refractivity contribution in [3.63, 3.8) is 0 Å². The van der Waals surface area contributed by atoms with Crippen molar-refractivity contribution in [2.75, 3.05) is 52.4 Å². The molecule has 0 aromatic rings. The number of amides is 2. The zero-order valence-electron chi connectivity index (χ0n) is 15.2. The molecule has 0 unspecified atom stereocenters. The smallest absolute Gasteiger partial charge is 0.350 e. The van der Waals surface area contributed by atoms with Crippen molar-refractivity contribution >= 4 is 12.2 Å². The Kier molecular flexibility index (Phi) is 7.30. The number of hydroxylamine groups is 4. The van der Waals surface area contributed by atoms with E-state index in [2.05, 4.69) is 21.1 Å². The van der Waals surface area contributed by atoms with E-state index in [9.17, 15) is 9.59 Å². The molecule has 3 rings (SSSR count). The van der Waals surface area contributed by atoms with Gasteiger partial charge in [-0.1, -0.05) is 6.42 Å². The fourth-order valence-electron chi connectivity index (χ4n) is 3.70. The Morgan fingerprint density at radius 2 is 1.31 bits per heavy atom. The molecule has 3 saturated heterocycles. The van der Waals surface area contributed by atoms with Gasteiger partial charge in [0, 0.05) is 45.3 Å². The highest BCUT2D eigenvalue weighted by molar-refractivity contribution is 5.73. The Morgan fingerprint density at radius 3 is 1.88 bits per heavy atom. The van der Waals surface area contributed by atoms with E-state index in [1.165, 1.54) is 32.4 Å². The monoisotopic (exact) mass is 370 g/mol. The summed E-state index contributed by atoms with van der Waals surface area (Å²) in [6, 6.07) is 0.588. The first-order valence-electron chi connectivity index (χ1n) is 9.61. The molecule has 0 bridgehead atoms. The molecule has 0 aromatic carbocycles. The second-order valence-corrected chi connectivity index (χ2v) is 6.94. The predicted molar refractivity (Wildman–Crippen MR) is 93.7 cm³/mol. The van der Waals surface area contributed by atoms with Gasteiger partial charge in [0.1, 0.15) is 0 Å². The fraction of sp³-hybridized carbons (Fsp3) is 0.875. The average molecular weight is 370 g/mol. The first-order valence-corrected chi connectivity index (χ1v) is 9.61.